The second kappa shape index (κ2) is 6.44. The Kier molecular flexibility index (Phi) is 4.66. The average molecular weight is 362 g/mol. The third kappa shape index (κ3) is 3.32. The van der Waals surface area contributed by atoms with Crippen LogP contribution in [0.15, 0.2) is 28.5 Å². The number of rotatable bonds is 4. The summed E-state index contributed by atoms with van der Waals surface area (Å²) in [6.07, 6.45) is 3.98. The Morgan fingerprint density at radius 1 is 1.29 bits per heavy atom. The molecule has 0 saturated heterocycles. The molecule has 0 saturated carbocycles. The van der Waals surface area contributed by atoms with Crippen LogP contribution >= 0.6 is 23.5 Å². The number of nitrogens with zero attached hydrogens (tertiary/aromatic N) is 4. The predicted octanol–water partition coefficient (Wildman–Crippen LogP) is 3.76. The van der Waals surface area contributed by atoms with Crippen LogP contribution in [-0.2, 0) is 5.41 Å². The molecule has 3 rings (SSSR count). The van der Waals surface area contributed by atoms with E-state index in [0.717, 1.165) is 17.3 Å². The van der Waals surface area contributed by atoms with Crippen molar-refractivity contribution in [2.45, 2.75) is 41.6 Å². The van der Waals surface area contributed by atoms with Crippen LogP contribution in [0.2, 0.25) is 0 Å². The lowest BCUT2D eigenvalue weighted by Gasteiger charge is -2.19. The van der Waals surface area contributed by atoms with Gasteiger partial charge in [-0.2, -0.15) is 0 Å². The molecule has 2 aromatic heterocycles. The lowest BCUT2D eigenvalue weighted by atomic mass is 9.87. The van der Waals surface area contributed by atoms with Gasteiger partial charge in [0.1, 0.15) is 10.8 Å². The summed E-state index contributed by atoms with van der Waals surface area (Å²) in [4.78, 5) is 15.8. The van der Waals surface area contributed by atoms with Gasteiger partial charge < -0.3 is 10.6 Å². The zero-order valence-corrected chi connectivity index (χ0v) is 16.3. The number of pyridine rings is 1. The van der Waals surface area contributed by atoms with Crippen LogP contribution in [0.25, 0.3) is 0 Å². The van der Waals surface area contributed by atoms with E-state index in [9.17, 15) is 0 Å². The summed E-state index contributed by atoms with van der Waals surface area (Å²) >= 11 is 3.17. The molecule has 1 aliphatic rings. The van der Waals surface area contributed by atoms with Crippen LogP contribution in [0, 0.1) is 0 Å². The highest BCUT2D eigenvalue weighted by atomic mass is 32.2. The summed E-state index contributed by atoms with van der Waals surface area (Å²) in [6.45, 7) is 7.71. The molecular weight excluding hydrogens is 338 g/mol. The number of aromatic nitrogens is 3. The lowest BCUT2D eigenvalue weighted by molar-refractivity contribution is 0.562. The van der Waals surface area contributed by atoms with Crippen molar-refractivity contribution >= 4 is 35.0 Å². The first-order chi connectivity index (χ1) is 11.3. The fraction of sp³-hybridized carbons (Fsp3) is 0.471. The summed E-state index contributed by atoms with van der Waals surface area (Å²) < 4.78 is 0. The Bertz CT molecular complexity index is 763. The summed E-state index contributed by atoms with van der Waals surface area (Å²) in [5.41, 5.74) is 9.66. The van der Waals surface area contributed by atoms with Crippen molar-refractivity contribution in [3.63, 3.8) is 0 Å². The molecule has 24 heavy (non-hydrogen) atoms. The highest BCUT2D eigenvalue weighted by Crippen LogP contribution is 2.42. The number of anilines is 2. The van der Waals surface area contributed by atoms with E-state index in [0.29, 0.717) is 11.0 Å². The number of hydrogen-bond acceptors (Lipinski definition) is 7. The second-order valence-corrected chi connectivity index (χ2v) is 8.88. The fourth-order valence-corrected chi connectivity index (χ4v) is 4.44. The Morgan fingerprint density at radius 2 is 2.04 bits per heavy atom. The monoisotopic (exact) mass is 361 g/mol. The van der Waals surface area contributed by atoms with Crippen molar-refractivity contribution in [1.29, 1.82) is 0 Å². The summed E-state index contributed by atoms with van der Waals surface area (Å²) in [6, 6.07) is 4.03. The minimum atomic E-state index is 0.145. The van der Waals surface area contributed by atoms with E-state index >= 15 is 0 Å². The minimum Gasteiger partial charge on any atom is -0.384 e. The summed E-state index contributed by atoms with van der Waals surface area (Å²) in [5, 5.41) is 1.75. The first-order valence-corrected chi connectivity index (χ1v) is 9.97. The zero-order chi connectivity index (χ0) is 17.5. The maximum atomic E-state index is 5.88. The first-order valence-electron chi connectivity index (χ1n) is 7.87. The van der Waals surface area contributed by atoms with E-state index in [-0.39, 0.29) is 10.7 Å². The van der Waals surface area contributed by atoms with E-state index in [4.69, 9.17) is 5.73 Å². The molecule has 0 radical (unpaired) electrons. The minimum absolute atomic E-state index is 0.145. The predicted molar refractivity (Wildman–Crippen MR) is 103 cm³/mol. The third-order valence-electron chi connectivity index (χ3n) is 4.29. The Morgan fingerprint density at radius 3 is 2.75 bits per heavy atom. The molecule has 2 N–H and O–H groups in total. The molecule has 1 aliphatic heterocycles. The number of fused-ring (bicyclic) bond motifs is 1. The molecule has 3 heterocycles. The SMILES string of the molecule is CSc1cc(N)nc(SC(C)c2cc3c(cn2)N(C)CC3(C)C)n1. The molecule has 5 nitrogen and oxygen atoms in total. The number of nitrogens with two attached hydrogens (primary N) is 1. The molecule has 0 spiro atoms. The van der Waals surface area contributed by atoms with Gasteiger partial charge in [0.05, 0.1) is 22.8 Å². The van der Waals surface area contributed by atoms with Gasteiger partial charge in [0.25, 0.3) is 0 Å². The third-order valence-corrected chi connectivity index (χ3v) is 5.90. The van der Waals surface area contributed by atoms with Crippen molar-refractivity contribution in [3.05, 3.63) is 29.6 Å². The maximum absolute atomic E-state index is 5.88. The Labute approximate surface area is 151 Å². The van der Waals surface area contributed by atoms with Gasteiger partial charge in [-0.1, -0.05) is 25.6 Å². The number of likely N-dealkylation sites (N-methyl/N-ethyl adjacent to an activating group) is 1. The van der Waals surface area contributed by atoms with Crippen molar-refractivity contribution in [1.82, 2.24) is 15.0 Å². The van der Waals surface area contributed by atoms with Crippen LogP contribution in [0.3, 0.4) is 0 Å². The van der Waals surface area contributed by atoms with Gasteiger partial charge in [-0.05, 0) is 24.8 Å². The Balaban J connectivity index is 1.86. The van der Waals surface area contributed by atoms with Crippen LogP contribution in [0.5, 0.6) is 0 Å². The van der Waals surface area contributed by atoms with Gasteiger partial charge in [-0.15, -0.1) is 11.8 Å². The molecule has 0 aliphatic carbocycles. The zero-order valence-electron chi connectivity index (χ0n) is 14.7. The topological polar surface area (TPSA) is 67.9 Å². The van der Waals surface area contributed by atoms with Gasteiger partial charge in [0.2, 0.25) is 0 Å². The van der Waals surface area contributed by atoms with E-state index in [1.807, 2.05) is 12.5 Å². The molecule has 1 unspecified atom stereocenters. The van der Waals surface area contributed by atoms with Gasteiger partial charge in [-0.3, -0.25) is 4.98 Å². The van der Waals surface area contributed by atoms with Crippen LogP contribution in [0.4, 0.5) is 11.5 Å². The molecule has 7 heteroatoms. The maximum Gasteiger partial charge on any atom is 0.191 e. The smallest absolute Gasteiger partial charge is 0.191 e. The van der Waals surface area contributed by atoms with Gasteiger partial charge >= 0.3 is 0 Å². The van der Waals surface area contributed by atoms with E-state index in [2.05, 4.69) is 53.7 Å². The summed E-state index contributed by atoms with van der Waals surface area (Å²) in [7, 11) is 2.12. The van der Waals surface area contributed by atoms with Crippen molar-refractivity contribution < 1.29 is 0 Å². The highest BCUT2D eigenvalue weighted by molar-refractivity contribution is 7.99. The largest absolute Gasteiger partial charge is 0.384 e. The van der Waals surface area contributed by atoms with Crippen LogP contribution in [0.1, 0.15) is 37.3 Å². The van der Waals surface area contributed by atoms with E-state index in [1.54, 1.807) is 29.6 Å². The lowest BCUT2D eigenvalue weighted by Crippen LogP contribution is -2.24. The van der Waals surface area contributed by atoms with Crippen molar-refractivity contribution in [2.75, 3.05) is 30.5 Å². The normalized spacial score (nSPS) is 17.0. The molecular formula is C17H23N5S2. The molecule has 0 bridgehead atoms. The number of thioether (sulfide) groups is 2. The van der Waals surface area contributed by atoms with Crippen LogP contribution < -0.4 is 10.6 Å². The van der Waals surface area contributed by atoms with Crippen LogP contribution in [-0.4, -0.2) is 34.8 Å². The molecule has 128 valence electrons. The summed E-state index contributed by atoms with van der Waals surface area (Å²) in [5.74, 6) is 0.508. The standard InChI is InChI=1S/C17H23N5S2/c1-10(24-16-20-14(18)7-15(21-16)23-5)12-6-11-13(8-19-12)22(4)9-17(11,2)3/h6-8,10H,9H2,1-5H3,(H2,18,20,21). The molecule has 0 aromatic carbocycles. The second-order valence-electron chi connectivity index (χ2n) is 6.74. The molecule has 0 fully saturated rings. The van der Waals surface area contributed by atoms with Gasteiger partial charge in [-0.25, -0.2) is 9.97 Å². The van der Waals surface area contributed by atoms with E-state index < -0.39 is 0 Å². The Hall–Kier alpha value is -1.47. The highest BCUT2D eigenvalue weighted by Gasteiger charge is 2.34. The van der Waals surface area contributed by atoms with Gasteiger partial charge in [0.15, 0.2) is 5.16 Å². The van der Waals surface area contributed by atoms with E-state index in [1.165, 1.54) is 11.3 Å². The fourth-order valence-electron chi connectivity index (χ4n) is 3.09. The number of hydrogen-bond donors (Lipinski definition) is 1. The molecule has 0 amide bonds. The molecule has 2 aromatic rings. The van der Waals surface area contributed by atoms with Crippen molar-refractivity contribution in [2.24, 2.45) is 0 Å². The first kappa shape index (κ1) is 17.4. The molecule has 1 atom stereocenters. The van der Waals surface area contributed by atoms with Gasteiger partial charge in [0, 0.05) is 25.1 Å². The quantitative estimate of drug-likeness (QED) is 0.505. The number of nitrogen functional groups attached to an aromatic ring is 1. The average Bonchev–Trinajstić information content (AvgIpc) is 2.75. The van der Waals surface area contributed by atoms with Crippen molar-refractivity contribution in [3.8, 4) is 0 Å².